The van der Waals surface area contributed by atoms with Crippen molar-refractivity contribution in [2.75, 3.05) is 26.2 Å². The lowest BCUT2D eigenvalue weighted by Gasteiger charge is -2.34. The van der Waals surface area contributed by atoms with Gasteiger partial charge in [0.2, 0.25) is 0 Å². The highest BCUT2D eigenvalue weighted by atomic mass is 15.2. The Morgan fingerprint density at radius 1 is 1.50 bits per heavy atom. The SMILES string of the molecule is C=CC[C@H](c1cccn1C)N1CCNCC1. The molecular formula is C13H21N3. The van der Waals surface area contributed by atoms with Crippen molar-refractivity contribution < 1.29 is 0 Å². The van der Waals surface area contributed by atoms with E-state index in [-0.39, 0.29) is 0 Å². The Hall–Kier alpha value is -1.06. The van der Waals surface area contributed by atoms with E-state index < -0.39 is 0 Å². The maximum Gasteiger partial charge on any atom is 0.0535 e. The van der Waals surface area contributed by atoms with Crippen LogP contribution in [0.5, 0.6) is 0 Å². The van der Waals surface area contributed by atoms with Crippen LogP contribution in [0, 0.1) is 0 Å². The topological polar surface area (TPSA) is 20.2 Å². The van der Waals surface area contributed by atoms with Crippen molar-refractivity contribution >= 4 is 0 Å². The van der Waals surface area contributed by atoms with E-state index in [1.54, 1.807) is 0 Å². The van der Waals surface area contributed by atoms with Gasteiger partial charge in [-0.1, -0.05) is 6.08 Å². The van der Waals surface area contributed by atoms with Gasteiger partial charge in [0.25, 0.3) is 0 Å². The van der Waals surface area contributed by atoms with E-state index >= 15 is 0 Å². The number of rotatable bonds is 4. The van der Waals surface area contributed by atoms with Crippen LogP contribution in [0.2, 0.25) is 0 Å². The van der Waals surface area contributed by atoms with Crippen molar-refractivity contribution in [3.05, 3.63) is 36.7 Å². The first-order chi connectivity index (χ1) is 7.83. The predicted molar refractivity (Wildman–Crippen MR) is 67.4 cm³/mol. The molecule has 0 unspecified atom stereocenters. The molecule has 1 aromatic rings. The predicted octanol–water partition coefficient (Wildman–Crippen LogP) is 1.55. The van der Waals surface area contributed by atoms with Crippen molar-refractivity contribution in [3.63, 3.8) is 0 Å². The molecular weight excluding hydrogens is 198 g/mol. The number of hydrogen-bond acceptors (Lipinski definition) is 2. The lowest BCUT2D eigenvalue weighted by Crippen LogP contribution is -2.45. The van der Waals surface area contributed by atoms with Crippen LogP contribution in [-0.4, -0.2) is 35.6 Å². The van der Waals surface area contributed by atoms with Crippen LogP contribution in [-0.2, 0) is 7.05 Å². The van der Waals surface area contributed by atoms with Gasteiger partial charge in [-0.25, -0.2) is 0 Å². The molecule has 0 aromatic carbocycles. The number of aromatic nitrogens is 1. The van der Waals surface area contributed by atoms with E-state index in [2.05, 4.69) is 46.7 Å². The third-order valence-electron chi connectivity index (χ3n) is 3.31. The van der Waals surface area contributed by atoms with Crippen LogP contribution >= 0.6 is 0 Å². The second-order valence-corrected chi connectivity index (χ2v) is 4.37. The Balaban J connectivity index is 2.15. The van der Waals surface area contributed by atoms with Gasteiger partial charge in [0.15, 0.2) is 0 Å². The molecule has 1 aromatic heterocycles. The van der Waals surface area contributed by atoms with Gasteiger partial charge < -0.3 is 9.88 Å². The molecule has 1 aliphatic rings. The van der Waals surface area contributed by atoms with Crippen molar-refractivity contribution in [3.8, 4) is 0 Å². The fourth-order valence-electron chi connectivity index (χ4n) is 2.43. The summed E-state index contributed by atoms with van der Waals surface area (Å²) in [6.45, 7) is 8.33. The molecule has 2 heterocycles. The average Bonchev–Trinajstić information content (AvgIpc) is 2.73. The van der Waals surface area contributed by atoms with Crippen LogP contribution in [0.3, 0.4) is 0 Å². The van der Waals surface area contributed by atoms with Gasteiger partial charge in [-0.05, 0) is 18.6 Å². The molecule has 1 saturated heterocycles. The molecule has 88 valence electrons. The van der Waals surface area contributed by atoms with Crippen LogP contribution < -0.4 is 5.32 Å². The molecule has 2 rings (SSSR count). The van der Waals surface area contributed by atoms with Gasteiger partial charge in [0.05, 0.1) is 6.04 Å². The Bertz CT molecular complexity index is 337. The molecule has 0 saturated carbocycles. The van der Waals surface area contributed by atoms with Gasteiger partial charge in [0, 0.05) is 45.1 Å². The molecule has 0 spiro atoms. The maximum atomic E-state index is 3.88. The van der Waals surface area contributed by atoms with Gasteiger partial charge in [-0.2, -0.15) is 0 Å². The summed E-state index contributed by atoms with van der Waals surface area (Å²) in [5.41, 5.74) is 1.39. The summed E-state index contributed by atoms with van der Waals surface area (Å²) in [5.74, 6) is 0. The number of aryl methyl sites for hydroxylation is 1. The van der Waals surface area contributed by atoms with E-state index in [0.717, 1.165) is 32.6 Å². The standard InChI is InChI=1S/C13H21N3/c1-3-5-13(12-6-4-9-15(12)2)16-10-7-14-8-11-16/h3-4,6,9,13-14H,1,5,7-8,10-11H2,2H3/t13-/m1/s1. The summed E-state index contributed by atoms with van der Waals surface area (Å²) < 4.78 is 2.22. The third-order valence-corrected chi connectivity index (χ3v) is 3.31. The first-order valence-corrected chi connectivity index (χ1v) is 6.00. The number of nitrogens with one attached hydrogen (secondary N) is 1. The summed E-state index contributed by atoms with van der Waals surface area (Å²) in [6.07, 6.45) is 5.17. The minimum absolute atomic E-state index is 0.486. The highest BCUT2D eigenvalue weighted by Gasteiger charge is 2.22. The van der Waals surface area contributed by atoms with Crippen LogP contribution in [0.1, 0.15) is 18.2 Å². The molecule has 1 N–H and O–H groups in total. The number of nitrogens with zero attached hydrogens (tertiary/aromatic N) is 2. The fraction of sp³-hybridized carbons (Fsp3) is 0.538. The van der Waals surface area contributed by atoms with Crippen molar-refractivity contribution in [1.29, 1.82) is 0 Å². The van der Waals surface area contributed by atoms with E-state index in [1.807, 2.05) is 6.08 Å². The van der Waals surface area contributed by atoms with E-state index in [0.29, 0.717) is 6.04 Å². The molecule has 0 radical (unpaired) electrons. The molecule has 3 nitrogen and oxygen atoms in total. The lowest BCUT2D eigenvalue weighted by molar-refractivity contribution is 0.169. The molecule has 16 heavy (non-hydrogen) atoms. The minimum atomic E-state index is 0.486. The number of hydrogen-bond donors (Lipinski definition) is 1. The zero-order valence-electron chi connectivity index (χ0n) is 10.0. The smallest absolute Gasteiger partial charge is 0.0535 e. The maximum absolute atomic E-state index is 3.88. The fourth-order valence-corrected chi connectivity index (χ4v) is 2.43. The second-order valence-electron chi connectivity index (χ2n) is 4.37. The van der Waals surface area contributed by atoms with Gasteiger partial charge in [0.1, 0.15) is 0 Å². The first kappa shape index (κ1) is 11.4. The summed E-state index contributed by atoms with van der Waals surface area (Å²) in [6, 6.07) is 4.82. The molecule has 1 aliphatic heterocycles. The van der Waals surface area contributed by atoms with E-state index in [4.69, 9.17) is 0 Å². The summed E-state index contributed by atoms with van der Waals surface area (Å²) in [7, 11) is 2.12. The van der Waals surface area contributed by atoms with Gasteiger partial charge >= 0.3 is 0 Å². The van der Waals surface area contributed by atoms with Crippen molar-refractivity contribution in [2.45, 2.75) is 12.5 Å². The lowest BCUT2D eigenvalue weighted by atomic mass is 10.1. The highest BCUT2D eigenvalue weighted by Crippen LogP contribution is 2.24. The van der Waals surface area contributed by atoms with Gasteiger partial charge in [-0.15, -0.1) is 6.58 Å². The number of piperazine rings is 1. The van der Waals surface area contributed by atoms with Crippen molar-refractivity contribution in [1.82, 2.24) is 14.8 Å². The molecule has 0 aliphatic carbocycles. The zero-order chi connectivity index (χ0) is 11.4. The minimum Gasteiger partial charge on any atom is -0.353 e. The normalized spacial score (nSPS) is 19.6. The van der Waals surface area contributed by atoms with E-state index in [9.17, 15) is 0 Å². The van der Waals surface area contributed by atoms with Crippen molar-refractivity contribution in [2.24, 2.45) is 7.05 Å². The quantitative estimate of drug-likeness (QED) is 0.775. The Kier molecular flexibility index (Phi) is 3.80. The summed E-state index contributed by atoms with van der Waals surface area (Å²) in [5, 5.41) is 3.40. The first-order valence-electron chi connectivity index (χ1n) is 6.00. The molecule has 0 amide bonds. The van der Waals surface area contributed by atoms with Gasteiger partial charge in [-0.3, -0.25) is 4.90 Å². The largest absolute Gasteiger partial charge is 0.353 e. The highest BCUT2D eigenvalue weighted by molar-refractivity contribution is 5.13. The van der Waals surface area contributed by atoms with E-state index in [1.165, 1.54) is 5.69 Å². The van der Waals surface area contributed by atoms with Crippen LogP contribution in [0.15, 0.2) is 31.0 Å². The second kappa shape index (κ2) is 5.32. The van der Waals surface area contributed by atoms with Crippen LogP contribution in [0.25, 0.3) is 0 Å². The monoisotopic (exact) mass is 219 g/mol. The average molecular weight is 219 g/mol. The molecule has 1 atom stereocenters. The Morgan fingerprint density at radius 3 is 2.81 bits per heavy atom. The Morgan fingerprint density at radius 2 is 2.25 bits per heavy atom. The molecule has 3 heteroatoms. The zero-order valence-corrected chi connectivity index (χ0v) is 10.0. The third kappa shape index (κ3) is 2.36. The molecule has 1 fully saturated rings. The summed E-state index contributed by atoms with van der Waals surface area (Å²) >= 11 is 0. The molecule has 0 bridgehead atoms. The Labute approximate surface area is 97.7 Å². The van der Waals surface area contributed by atoms with Crippen LogP contribution in [0.4, 0.5) is 0 Å². The summed E-state index contributed by atoms with van der Waals surface area (Å²) in [4.78, 5) is 2.55.